The van der Waals surface area contributed by atoms with Crippen molar-refractivity contribution in [2.75, 3.05) is 5.32 Å². The van der Waals surface area contributed by atoms with Gasteiger partial charge in [-0.1, -0.05) is 0 Å². The first-order valence-electron chi connectivity index (χ1n) is 5.79. The number of carboxylic acids is 1. The Labute approximate surface area is 119 Å². The topological polar surface area (TPSA) is 79.3 Å². The maximum Gasteiger partial charge on any atom is 0.328 e. The molecule has 2 rings (SSSR count). The highest BCUT2D eigenvalue weighted by atomic mass is 32.1. The third kappa shape index (κ3) is 3.52. The summed E-state index contributed by atoms with van der Waals surface area (Å²) in [6, 6.07) is 5.17. The van der Waals surface area contributed by atoms with Crippen LogP contribution < -0.4 is 5.32 Å². The van der Waals surface area contributed by atoms with Crippen molar-refractivity contribution < 1.29 is 14.7 Å². The molecule has 0 atom stereocenters. The van der Waals surface area contributed by atoms with Crippen LogP contribution in [0.25, 0.3) is 6.08 Å². The molecule has 0 radical (unpaired) electrons. The fourth-order valence-corrected chi connectivity index (χ4v) is 2.30. The zero-order chi connectivity index (χ0) is 14.5. The Balaban J connectivity index is 2.10. The number of carbonyl (C=O) groups excluding carboxylic acids is 1. The quantitative estimate of drug-likeness (QED) is 0.848. The van der Waals surface area contributed by atoms with Crippen LogP contribution in [-0.4, -0.2) is 22.0 Å². The van der Waals surface area contributed by atoms with Crippen LogP contribution in [0.5, 0.6) is 0 Å². The molecular formula is C14H12N2O3S. The van der Waals surface area contributed by atoms with Crippen molar-refractivity contribution in [3.63, 3.8) is 0 Å². The van der Waals surface area contributed by atoms with Gasteiger partial charge in [-0.05, 0) is 31.2 Å². The molecule has 2 aromatic rings. The summed E-state index contributed by atoms with van der Waals surface area (Å²) >= 11 is 1.31. The third-order valence-electron chi connectivity index (χ3n) is 2.53. The Bertz CT molecular complexity index is 677. The number of carbonyl (C=O) groups is 2. The number of rotatable bonds is 4. The Hall–Kier alpha value is -2.47. The average molecular weight is 288 g/mol. The number of nitrogens with one attached hydrogen (secondary N) is 1. The van der Waals surface area contributed by atoms with Gasteiger partial charge in [-0.15, -0.1) is 11.3 Å². The second-order valence-electron chi connectivity index (χ2n) is 4.00. The van der Waals surface area contributed by atoms with E-state index in [1.807, 2.05) is 6.92 Å². The standard InChI is InChI=1S/C14H12N2O3S/c1-9-12(3-2-6-15-9)16-14(19)10-7-11(20-8-10)4-5-13(17)18/h2-8H,1H3,(H,16,19)(H,17,18). The highest BCUT2D eigenvalue weighted by Crippen LogP contribution is 2.18. The van der Waals surface area contributed by atoms with E-state index >= 15 is 0 Å². The molecule has 0 unspecified atom stereocenters. The molecule has 0 aliphatic rings. The van der Waals surface area contributed by atoms with E-state index in [4.69, 9.17) is 5.11 Å². The largest absolute Gasteiger partial charge is 0.478 e. The normalized spacial score (nSPS) is 10.7. The highest BCUT2D eigenvalue weighted by molar-refractivity contribution is 7.11. The fraction of sp³-hybridized carbons (Fsp3) is 0.0714. The molecule has 1 amide bonds. The number of hydrogen-bond acceptors (Lipinski definition) is 4. The Morgan fingerprint density at radius 2 is 2.25 bits per heavy atom. The summed E-state index contributed by atoms with van der Waals surface area (Å²) in [4.78, 5) is 27.3. The van der Waals surface area contributed by atoms with Gasteiger partial charge in [0.05, 0.1) is 16.9 Å². The summed E-state index contributed by atoms with van der Waals surface area (Å²) in [5, 5.41) is 13.0. The number of nitrogens with zero attached hydrogens (tertiary/aromatic N) is 1. The zero-order valence-corrected chi connectivity index (χ0v) is 11.5. The molecule has 0 saturated heterocycles. The van der Waals surface area contributed by atoms with Crippen LogP contribution in [0.3, 0.4) is 0 Å². The van der Waals surface area contributed by atoms with Crippen LogP contribution in [0.2, 0.25) is 0 Å². The minimum Gasteiger partial charge on any atom is -0.478 e. The van der Waals surface area contributed by atoms with Crippen molar-refractivity contribution in [2.24, 2.45) is 0 Å². The number of aryl methyl sites for hydroxylation is 1. The molecule has 0 bridgehead atoms. The van der Waals surface area contributed by atoms with Gasteiger partial charge in [0.1, 0.15) is 0 Å². The molecule has 102 valence electrons. The second kappa shape index (κ2) is 6.12. The molecule has 2 heterocycles. The zero-order valence-electron chi connectivity index (χ0n) is 10.7. The van der Waals surface area contributed by atoms with Gasteiger partial charge in [-0.2, -0.15) is 0 Å². The van der Waals surface area contributed by atoms with Gasteiger partial charge in [-0.25, -0.2) is 4.79 Å². The van der Waals surface area contributed by atoms with Crippen molar-refractivity contribution in [1.29, 1.82) is 0 Å². The van der Waals surface area contributed by atoms with Crippen molar-refractivity contribution in [3.8, 4) is 0 Å². The average Bonchev–Trinajstić information content (AvgIpc) is 2.88. The SMILES string of the molecule is Cc1ncccc1NC(=O)c1csc(C=CC(=O)O)c1. The summed E-state index contributed by atoms with van der Waals surface area (Å²) in [6.07, 6.45) is 4.16. The number of thiophene rings is 1. The van der Waals surface area contributed by atoms with Crippen LogP contribution in [0, 0.1) is 6.92 Å². The number of aliphatic carboxylic acids is 1. The summed E-state index contributed by atoms with van der Waals surface area (Å²) in [7, 11) is 0. The van der Waals surface area contributed by atoms with E-state index in [1.54, 1.807) is 29.8 Å². The molecule has 0 fully saturated rings. The van der Waals surface area contributed by atoms with Crippen molar-refractivity contribution in [3.05, 3.63) is 52.0 Å². The lowest BCUT2D eigenvalue weighted by Gasteiger charge is -2.05. The Morgan fingerprint density at radius 3 is 2.95 bits per heavy atom. The van der Waals surface area contributed by atoms with Crippen LogP contribution in [-0.2, 0) is 4.79 Å². The van der Waals surface area contributed by atoms with E-state index in [2.05, 4.69) is 10.3 Å². The molecule has 2 aromatic heterocycles. The molecule has 0 aliphatic carbocycles. The monoisotopic (exact) mass is 288 g/mol. The van der Waals surface area contributed by atoms with E-state index in [0.29, 0.717) is 16.1 Å². The molecule has 5 nitrogen and oxygen atoms in total. The van der Waals surface area contributed by atoms with Crippen LogP contribution >= 0.6 is 11.3 Å². The summed E-state index contributed by atoms with van der Waals surface area (Å²) in [5.41, 5.74) is 1.89. The smallest absolute Gasteiger partial charge is 0.328 e. The van der Waals surface area contributed by atoms with Gasteiger partial charge in [0, 0.05) is 22.5 Å². The third-order valence-corrected chi connectivity index (χ3v) is 3.43. The summed E-state index contributed by atoms with van der Waals surface area (Å²) in [5.74, 6) is -1.26. The number of aromatic nitrogens is 1. The number of amides is 1. The first-order valence-corrected chi connectivity index (χ1v) is 6.67. The van der Waals surface area contributed by atoms with Crippen molar-refractivity contribution in [2.45, 2.75) is 6.92 Å². The molecule has 0 aromatic carbocycles. The predicted molar refractivity (Wildman–Crippen MR) is 77.9 cm³/mol. The number of pyridine rings is 1. The van der Waals surface area contributed by atoms with Gasteiger partial charge in [0.25, 0.3) is 5.91 Å². The second-order valence-corrected chi connectivity index (χ2v) is 4.94. The van der Waals surface area contributed by atoms with E-state index < -0.39 is 5.97 Å². The summed E-state index contributed by atoms with van der Waals surface area (Å²) in [6.45, 7) is 1.81. The molecule has 20 heavy (non-hydrogen) atoms. The maximum atomic E-state index is 12.0. The highest BCUT2D eigenvalue weighted by Gasteiger charge is 2.09. The predicted octanol–water partition coefficient (Wildman–Crippen LogP) is 2.80. The minimum atomic E-state index is -1.02. The molecule has 0 aliphatic heterocycles. The Kier molecular flexibility index (Phi) is 4.27. The number of carboxylic acid groups (broad SMARTS) is 1. The first kappa shape index (κ1) is 14.0. The van der Waals surface area contributed by atoms with Crippen molar-refractivity contribution >= 4 is 35.0 Å². The molecular weight excluding hydrogens is 276 g/mol. The molecule has 0 saturated carbocycles. The van der Waals surface area contributed by atoms with Gasteiger partial charge < -0.3 is 10.4 Å². The van der Waals surface area contributed by atoms with Crippen LogP contribution in [0.1, 0.15) is 20.9 Å². The minimum absolute atomic E-state index is 0.243. The fourth-order valence-electron chi connectivity index (χ4n) is 1.52. The van der Waals surface area contributed by atoms with Gasteiger partial charge in [-0.3, -0.25) is 9.78 Å². The molecule has 2 N–H and O–H groups in total. The van der Waals surface area contributed by atoms with Crippen molar-refractivity contribution in [1.82, 2.24) is 4.98 Å². The number of hydrogen-bond donors (Lipinski definition) is 2. The van der Waals surface area contributed by atoms with Crippen LogP contribution in [0.15, 0.2) is 35.9 Å². The summed E-state index contributed by atoms with van der Waals surface area (Å²) < 4.78 is 0. The van der Waals surface area contributed by atoms with E-state index in [0.717, 1.165) is 11.8 Å². The lowest BCUT2D eigenvalue weighted by atomic mass is 10.2. The molecule has 0 spiro atoms. The number of anilines is 1. The van der Waals surface area contributed by atoms with Gasteiger partial charge in [0.15, 0.2) is 0 Å². The van der Waals surface area contributed by atoms with E-state index in [9.17, 15) is 9.59 Å². The Morgan fingerprint density at radius 1 is 1.45 bits per heavy atom. The maximum absolute atomic E-state index is 12.0. The van der Waals surface area contributed by atoms with Gasteiger partial charge in [0.2, 0.25) is 0 Å². The van der Waals surface area contributed by atoms with Crippen LogP contribution in [0.4, 0.5) is 5.69 Å². The molecule has 6 heteroatoms. The lowest BCUT2D eigenvalue weighted by molar-refractivity contribution is -0.131. The first-order chi connectivity index (χ1) is 9.56. The lowest BCUT2D eigenvalue weighted by Crippen LogP contribution is -2.12. The van der Waals surface area contributed by atoms with E-state index in [-0.39, 0.29) is 5.91 Å². The van der Waals surface area contributed by atoms with Gasteiger partial charge >= 0.3 is 5.97 Å². The van der Waals surface area contributed by atoms with E-state index in [1.165, 1.54) is 17.4 Å².